The Morgan fingerprint density at radius 2 is 2.05 bits per heavy atom. The Morgan fingerprint density at radius 1 is 1.30 bits per heavy atom. The zero-order valence-electron chi connectivity index (χ0n) is 12.2. The van der Waals surface area contributed by atoms with Crippen molar-refractivity contribution in [2.75, 3.05) is 6.61 Å². The molecule has 106 valence electrons. The van der Waals surface area contributed by atoms with Gasteiger partial charge in [0.25, 0.3) is 0 Å². The number of carbonyl (C=O) groups excluding carboxylic acids is 1. The van der Waals surface area contributed by atoms with E-state index in [0.29, 0.717) is 13.0 Å². The Bertz CT molecular complexity index is 568. The van der Waals surface area contributed by atoms with Gasteiger partial charge in [-0.3, -0.25) is 9.36 Å². The maximum atomic E-state index is 11.8. The van der Waals surface area contributed by atoms with Gasteiger partial charge in [-0.2, -0.15) is 0 Å². The van der Waals surface area contributed by atoms with Crippen molar-refractivity contribution in [1.29, 1.82) is 0 Å². The highest BCUT2D eigenvalue weighted by Crippen LogP contribution is 2.30. The van der Waals surface area contributed by atoms with Gasteiger partial charge >= 0.3 is 0 Å². The topological polar surface area (TPSA) is 44.1 Å². The maximum absolute atomic E-state index is 11.8. The van der Waals surface area contributed by atoms with Crippen LogP contribution in [0, 0.1) is 0 Å². The van der Waals surface area contributed by atoms with Crippen molar-refractivity contribution < 1.29 is 9.53 Å². The van der Waals surface area contributed by atoms with E-state index < -0.39 is 0 Å². The molecule has 0 saturated carbocycles. The summed E-state index contributed by atoms with van der Waals surface area (Å²) in [6.07, 6.45) is 5.07. The zero-order valence-corrected chi connectivity index (χ0v) is 12.2. The molecule has 2 aromatic rings. The van der Waals surface area contributed by atoms with Crippen molar-refractivity contribution in [2.45, 2.75) is 32.6 Å². The van der Waals surface area contributed by atoms with Crippen LogP contribution >= 0.6 is 0 Å². The second kappa shape index (κ2) is 5.90. The van der Waals surface area contributed by atoms with E-state index in [2.05, 4.69) is 31.8 Å². The van der Waals surface area contributed by atoms with Crippen molar-refractivity contribution in [3.63, 3.8) is 0 Å². The number of ether oxygens (including phenoxy) is 1. The first-order valence-electron chi connectivity index (χ1n) is 6.72. The minimum atomic E-state index is -0.0178. The standard InChI is InChI=1S/C16H20N2O2/c1-16(2,3)13-6-4-5-7-14(13)20-11-8-15(19)18-10-9-17-12-18/h4-7,9-10,12H,8,11H2,1-3H3. The minimum Gasteiger partial charge on any atom is -0.493 e. The summed E-state index contributed by atoms with van der Waals surface area (Å²) in [6, 6.07) is 7.96. The molecule has 0 saturated heterocycles. The number of aromatic nitrogens is 2. The lowest BCUT2D eigenvalue weighted by atomic mass is 9.86. The van der Waals surface area contributed by atoms with Crippen molar-refractivity contribution in [1.82, 2.24) is 9.55 Å². The second-order valence-electron chi connectivity index (χ2n) is 5.71. The lowest BCUT2D eigenvalue weighted by molar-refractivity contribution is 0.0880. The zero-order chi connectivity index (χ0) is 14.6. The molecule has 0 aliphatic carbocycles. The lowest BCUT2D eigenvalue weighted by Crippen LogP contribution is -2.16. The van der Waals surface area contributed by atoms with Crippen LogP contribution in [0.2, 0.25) is 0 Å². The number of para-hydroxylation sites is 1. The van der Waals surface area contributed by atoms with Crippen LogP contribution in [0.1, 0.15) is 37.6 Å². The summed E-state index contributed by atoms with van der Waals surface area (Å²) in [5.41, 5.74) is 1.17. The van der Waals surface area contributed by atoms with E-state index in [-0.39, 0.29) is 11.3 Å². The van der Waals surface area contributed by atoms with Crippen LogP contribution in [0.25, 0.3) is 0 Å². The van der Waals surface area contributed by atoms with Gasteiger partial charge < -0.3 is 4.74 Å². The fourth-order valence-electron chi connectivity index (χ4n) is 2.00. The minimum absolute atomic E-state index is 0.0178. The van der Waals surface area contributed by atoms with Crippen LogP contribution in [0.3, 0.4) is 0 Å². The molecule has 20 heavy (non-hydrogen) atoms. The highest BCUT2D eigenvalue weighted by molar-refractivity contribution is 5.78. The monoisotopic (exact) mass is 272 g/mol. The highest BCUT2D eigenvalue weighted by Gasteiger charge is 2.18. The van der Waals surface area contributed by atoms with E-state index in [1.807, 2.05) is 18.2 Å². The van der Waals surface area contributed by atoms with Crippen LogP contribution in [0.15, 0.2) is 43.0 Å². The summed E-state index contributed by atoms with van der Waals surface area (Å²) in [5, 5.41) is 0. The summed E-state index contributed by atoms with van der Waals surface area (Å²) < 4.78 is 7.25. The first-order chi connectivity index (χ1) is 9.48. The summed E-state index contributed by atoms with van der Waals surface area (Å²) in [5.74, 6) is 0.828. The molecule has 0 spiro atoms. The largest absolute Gasteiger partial charge is 0.493 e. The van der Waals surface area contributed by atoms with Crippen LogP contribution in [-0.4, -0.2) is 22.1 Å². The maximum Gasteiger partial charge on any atom is 0.235 e. The van der Waals surface area contributed by atoms with Crippen LogP contribution in [0.4, 0.5) is 0 Å². The van der Waals surface area contributed by atoms with Crippen molar-refractivity contribution in [2.24, 2.45) is 0 Å². The van der Waals surface area contributed by atoms with Gasteiger partial charge in [0.2, 0.25) is 5.91 Å². The van der Waals surface area contributed by atoms with Gasteiger partial charge in [-0.15, -0.1) is 0 Å². The van der Waals surface area contributed by atoms with Gasteiger partial charge in [0.05, 0.1) is 13.0 Å². The molecule has 0 unspecified atom stereocenters. The average molecular weight is 272 g/mol. The number of rotatable bonds is 4. The molecular weight excluding hydrogens is 252 g/mol. The third kappa shape index (κ3) is 3.47. The molecule has 4 nitrogen and oxygen atoms in total. The third-order valence-corrected chi connectivity index (χ3v) is 3.06. The van der Waals surface area contributed by atoms with Crippen molar-refractivity contribution in [3.05, 3.63) is 48.5 Å². The molecule has 1 aromatic heterocycles. The molecule has 0 amide bonds. The normalized spacial score (nSPS) is 11.3. The Labute approximate surface area is 119 Å². The van der Waals surface area contributed by atoms with E-state index in [1.165, 1.54) is 10.9 Å². The number of benzene rings is 1. The van der Waals surface area contributed by atoms with Crippen molar-refractivity contribution >= 4 is 5.91 Å². The second-order valence-corrected chi connectivity index (χ2v) is 5.71. The van der Waals surface area contributed by atoms with E-state index in [0.717, 1.165) is 11.3 Å². The average Bonchev–Trinajstić information content (AvgIpc) is 2.92. The Balaban J connectivity index is 1.97. The van der Waals surface area contributed by atoms with Crippen molar-refractivity contribution in [3.8, 4) is 5.75 Å². The lowest BCUT2D eigenvalue weighted by Gasteiger charge is -2.22. The van der Waals surface area contributed by atoms with Gasteiger partial charge in [0.15, 0.2) is 0 Å². The summed E-state index contributed by atoms with van der Waals surface area (Å²) in [6.45, 7) is 6.80. The predicted molar refractivity (Wildman–Crippen MR) is 78.1 cm³/mol. The predicted octanol–water partition coefficient (Wildman–Crippen LogP) is 3.29. The fraction of sp³-hybridized carbons (Fsp3) is 0.375. The Morgan fingerprint density at radius 3 is 2.70 bits per heavy atom. The summed E-state index contributed by atoms with van der Waals surface area (Å²) in [7, 11) is 0. The molecular formula is C16H20N2O2. The molecule has 0 fully saturated rings. The van der Waals surface area contributed by atoms with Gasteiger partial charge in [0.1, 0.15) is 12.1 Å². The number of hydrogen-bond acceptors (Lipinski definition) is 3. The summed E-state index contributed by atoms with van der Waals surface area (Å²) in [4.78, 5) is 15.7. The Hall–Kier alpha value is -2.10. The quantitative estimate of drug-likeness (QED) is 0.857. The van der Waals surface area contributed by atoms with Gasteiger partial charge in [-0.1, -0.05) is 39.0 Å². The molecule has 0 bridgehead atoms. The molecule has 2 rings (SSSR count). The third-order valence-electron chi connectivity index (χ3n) is 3.06. The molecule has 0 radical (unpaired) electrons. The van der Waals surface area contributed by atoms with Gasteiger partial charge in [0, 0.05) is 12.4 Å². The van der Waals surface area contributed by atoms with E-state index in [4.69, 9.17) is 4.74 Å². The van der Waals surface area contributed by atoms with Gasteiger partial charge in [-0.05, 0) is 17.0 Å². The molecule has 1 heterocycles. The number of hydrogen-bond donors (Lipinski definition) is 0. The van der Waals surface area contributed by atoms with E-state index >= 15 is 0 Å². The molecule has 0 N–H and O–H groups in total. The fourth-order valence-corrected chi connectivity index (χ4v) is 2.00. The molecule has 0 aliphatic rings. The Kier molecular flexibility index (Phi) is 4.23. The molecule has 4 heteroatoms. The number of carbonyl (C=O) groups is 1. The molecule has 0 aliphatic heterocycles. The number of imidazole rings is 1. The highest BCUT2D eigenvalue weighted by atomic mass is 16.5. The van der Waals surface area contributed by atoms with Crippen LogP contribution in [-0.2, 0) is 5.41 Å². The first kappa shape index (κ1) is 14.3. The van der Waals surface area contributed by atoms with Crippen LogP contribution in [0.5, 0.6) is 5.75 Å². The van der Waals surface area contributed by atoms with Crippen LogP contribution < -0.4 is 4.74 Å². The smallest absolute Gasteiger partial charge is 0.235 e. The SMILES string of the molecule is CC(C)(C)c1ccccc1OCCC(=O)n1ccnc1. The first-order valence-corrected chi connectivity index (χ1v) is 6.72. The molecule has 0 atom stereocenters. The van der Waals surface area contributed by atoms with Gasteiger partial charge in [-0.25, -0.2) is 4.98 Å². The molecule has 1 aromatic carbocycles. The summed E-state index contributed by atoms with van der Waals surface area (Å²) >= 11 is 0. The van der Waals surface area contributed by atoms with E-state index in [1.54, 1.807) is 12.4 Å². The number of nitrogens with zero attached hydrogens (tertiary/aromatic N) is 2. The van der Waals surface area contributed by atoms with E-state index in [9.17, 15) is 4.79 Å².